The monoisotopic (exact) mass is 335 g/mol. The summed E-state index contributed by atoms with van der Waals surface area (Å²) in [5.74, 6) is 1.06. The first kappa shape index (κ1) is 14.8. The summed E-state index contributed by atoms with van der Waals surface area (Å²) in [6.07, 6.45) is 0. The van der Waals surface area contributed by atoms with Crippen LogP contribution in [0.25, 0.3) is 21.8 Å². The number of thiophene rings is 1. The van der Waals surface area contributed by atoms with E-state index in [1.165, 1.54) is 11.3 Å². The highest BCUT2D eigenvalue weighted by atomic mass is 35.5. The average Bonchev–Trinajstić information content (AvgIpc) is 3.10. The molecule has 0 aliphatic heterocycles. The minimum Gasteiger partial charge on any atom is -0.504 e. The van der Waals surface area contributed by atoms with Crippen molar-refractivity contribution >= 4 is 28.8 Å². The second-order valence-corrected chi connectivity index (χ2v) is 5.95. The first-order valence-corrected chi connectivity index (χ1v) is 7.95. The van der Waals surface area contributed by atoms with Gasteiger partial charge in [-0.2, -0.15) is 0 Å². The van der Waals surface area contributed by atoms with Crippen molar-refractivity contribution in [2.75, 3.05) is 12.3 Å². The maximum Gasteiger partial charge on any atom is 0.203 e. The van der Waals surface area contributed by atoms with Crippen LogP contribution in [0.4, 0.5) is 5.88 Å². The van der Waals surface area contributed by atoms with Crippen molar-refractivity contribution in [3.63, 3.8) is 0 Å². The summed E-state index contributed by atoms with van der Waals surface area (Å²) < 4.78 is 11.1. The lowest BCUT2D eigenvalue weighted by molar-refractivity contribution is 0.341. The highest BCUT2D eigenvalue weighted by Gasteiger charge is 2.24. The van der Waals surface area contributed by atoms with Crippen LogP contribution in [0, 0.1) is 0 Å². The number of benzene rings is 1. The fraction of sp³-hybridized carbons (Fsp3) is 0.125. The number of rotatable bonds is 4. The summed E-state index contributed by atoms with van der Waals surface area (Å²) in [5, 5.41) is 13.0. The fourth-order valence-corrected chi connectivity index (χ4v) is 3.13. The molecule has 6 heteroatoms. The largest absolute Gasteiger partial charge is 0.504 e. The Kier molecular flexibility index (Phi) is 4.00. The molecule has 2 heterocycles. The smallest absolute Gasteiger partial charge is 0.203 e. The molecule has 0 atom stereocenters. The van der Waals surface area contributed by atoms with Crippen LogP contribution < -0.4 is 10.5 Å². The van der Waals surface area contributed by atoms with E-state index in [0.717, 1.165) is 4.88 Å². The van der Waals surface area contributed by atoms with Gasteiger partial charge in [0.1, 0.15) is 5.75 Å². The number of ether oxygens (including phenoxy) is 1. The van der Waals surface area contributed by atoms with Crippen molar-refractivity contribution in [2.24, 2.45) is 0 Å². The number of hydrogen-bond acceptors (Lipinski definition) is 5. The fourth-order valence-electron chi connectivity index (χ4n) is 2.25. The lowest BCUT2D eigenvalue weighted by Gasteiger charge is -2.10. The highest BCUT2D eigenvalue weighted by molar-refractivity contribution is 7.13. The predicted molar refractivity (Wildman–Crippen MR) is 89.7 cm³/mol. The van der Waals surface area contributed by atoms with Gasteiger partial charge in [-0.3, -0.25) is 0 Å². The van der Waals surface area contributed by atoms with Gasteiger partial charge in [-0.25, -0.2) is 0 Å². The van der Waals surface area contributed by atoms with Gasteiger partial charge in [0.15, 0.2) is 11.5 Å². The molecule has 0 aliphatic carbocycles. The molecule has 0 spiro atoms. The van der Waals surface area contributed by atoms with Crippen molar-refractivity contribution in [2.45, 2.75) is 6.92 Å². The molecule has 3 aromatic rings. The van der Waals surface area contributed by atoms with Crippen molar-refractivity contribution in [3.8, 4) is 33.3 Å². The van der Waals surface area contributed by atoms with E-state index >= 15 is 0 Å². The molecule has 3 N–H and O–H groups in total. The molecule has 22 heavy (non-hydrogen) atoms. The molecule has 0 saturated carbocycles. The van der Waals surface area contributed by atoms with Gasteiger partial charge in [-0.05, 0) is 36.6 Å². The number of furan rings is 1. The molecule has 4 nitrogen and oxygen atoms in total. The summed E-state index contributed by atoms with van der Waals surface area (Å²) in [7, 11) is 0. The molecule has 0 fully saturated rings. The third-order valence-corrected chi connectivity index (χ3v) is 4.27. The zero-order valence-electron chi connectivity index (χ0n) is 11.8. The molecule has 1 aromatic carbocycles. The molecule has 0 saturated heterocycles. The van der Waals surface area contributed by atoms with E-state index in [1.807, 2.05) is 24.4 Å². The van der Waals surface area contributed by atoms with Crippen LogP contribution in [0.1, 0.15) is 6.92 Å². The van der Waals surface area contributed by atoms with Crippen molar-refractivity contribution in [3.05, 3.63) is 40.7 Å². The molecular weight excluding hydrogens is 322 g/mol. The number of nitrogens with two attached hydrogens (primary N) is 1. The van der Waals surface area contributed by atoms with Crippen LogP contribution in [-0.4, -0.2) is 11.7 Å². The summed E-state index contributed by atoms with van der Waals surface area (Å²) in [4.78, 5) is 0.801. The molecule has 2 aromatic heterocycles. The van der Waals surface area contributed by atoms with Gasteiger partial charge >= 0.3 is 0 Å². The van der Waals surface area contributed by atoms with Crippen molar-refractivity contribution in [1.29, 1.82) is 0 Å². The topological polar surface area (TPSA) is 68.6 Å². The van der Waals surface area contributed by atoms with Gasteiger partial charge in [0.2, 0.25) is 5.88 Å². The van der Waals surface area contributed by atoms with Gasteiger partial charge in [-0.1, -0.05) is 17.7 Å². The van der Waals surface area contributed by atoms with Crippen LogP contribution in [0.15, 0.2) is 40.1 Å². The first-order chi connectivity index (χ1) is 10.6. The van der Waals surface area contributed by atoms with Crippen LogP contribution >= 0.6 is 22.9 Å². The van der Waals surface area contributed by atoms with Gasteiger partial charge in [-0.15, -0.1) is 11.3 Å². The van der Waals surface area contributed by atoms with E-state index in [0.29, 0.717) is 34.3 Å². The van der Waals surface area contributed by atoms with E-state index in [1.54, 1.807) is 18.2 Å². The number of hydrogen-bond donors (Lipinski definition) is 2. The molecule has 0 amide bonds. The molecule has 114 valence electrons. The summed E-state index contributed by atoms with van der Waals surface area (Å²) in [6, 6.07) is 8.91. The highest BCUT2D eigenvalue weighted by Crippen LogP contribution is 2.48. The minimum absolute atomic E-state index is 0.0110. The van der Waals surface area contributed by atoms with Crippen LogP contribution in [-0.2, 0) is 0 Å². The maximum atomic E-state index is 10.6. The van der Waals surface area contributed by atoms with Crippen LogP contribution in [0.3, 0.4) is 0 Å². The average molecular weight is 336 g/mol. The molecule has 3 rings (SSSR count). The quantitative estimate of drug-likeness (QED) is 0.702. The standard InChI is InChI=1S/C16H14ClNO3S/c1-2-20-11-6-5-9(17)8-10(11)13-14(19)15(21-16(13)18)12-4-3-7-22-12/h3-8,19H,2,18H2,1H3. The molecule has 0 aliphatic rings. The number of aromatic hydroxyl groups is 1. The van der Waals surface area contributed by atoms with E-state index < -0.39 is 0 Å². The van der Waals surface area contributed by atoms with E-state index in [-0.39, 0.29) is 11.6 Å². The van der Waals surface area contributed by atoms with Crippen LogP contribution in [0.2, 0.25) is 5.02 Å². The second kappa shape index (κ2) is 5.94. The third kappa shape index (κ3) is 2.53. The van der Waals surface area contributed by atoms with E-state index in [4.69, 9.17) is 26.5 Å². The second-order valence-electron chi connectivity index (χ2n) is 4.57. The van der Waals surface area contributed by atoms with Crippen molar-refractivity contribution < 1.29 is 14.3 Å². The van der Waals surface area contributed by atoms with Gasteiger partial charge in [0.05, 0.1) is 17.0 Å². The molecule has 0 unspecified atom stereocenters. The lowest BCUT2D eigenvalue weighted by atomic mass is 10.1. The van der Waals surface area contributed by atoms with Gasteiger partial charge < -0.3 is 20.0 Å². The Bertz CT molecular complexity index is 796. The summed E-state index contributed by atoms with van der Waals surface area (Å²) in [6.45, 7) is 2.37. The van der Waals surface area contributed by atoms with E-state index in [9.17, 15) is 5.11 Å². The Morgan fingerprint density at radius 1 is 1.36 bits per heavy atom. The van der Waals surface area contributed by atoms with Gasteiger partial charge in [0.25, 0.3) is 0 Å². The Labute approximate surface area is 136 Å². The Morgan fingerprint density at radius 3 is 2.86 bits per heavy atom. The maximum absolute atomic E-state index is 10.6. The Morgan fingerprint density at radius 2 is 2.18 bits per heavy atom. The predicted octanol–water partition coefficient (Wildman–Crippen LogP) is 5.02. The zero-order valence-corrected chi connectivity index (χ0v) is 13.4. The third-order valence-electron chi connectivity index (χ3n) is 3.17. The number of anilines is 1. The summed E-state index contributed by atoms with van der Waals surface area (Å²) in [5.41, 5.74) is 6.98. The zero-order chi connectivity index (χ0) is 15.7. The van der Waals surface area contributed by atoms with Crippen molar-refractivity contribution in [1.82, 2.24) is 0 Å². The SMILES string of the molecule is CCOc1ccc(Cl)cc1-c1c(N)oc(-c2cccs2)c1O. The molecule has 0 radical (unpaired) electrons. The van der Waals surface area contributed by atoms with Gasteiger partial charge in [0, 0.05) is 10.6 Å². The van der Waals surface area contributed by atoms with Crippen LogP contribution in [0.5, 0.6) is 11.5 Å². The normalized spacial score (nSPS) is 10.8. The molecular formula is C16H14ClNO3S. The minimum atomic E-state index is -0.0110. The number of nitrogen functional groups attached to an aromatic ring is 1. The number of halogens is 1. The first-order valence-electron chi connectivity index (χ1n) is 6.69. The Hall–Kier alpha value is -2.11. The lowest BCUT2D eigenvalue weighted by Crippen LogP contribution is -1.95. The van der Waals surface area contributed by atoms with E-state index in [2.05, 4.69) is 0 Å². The molecule has 0 bridgehead atoms. The Balaban J connectivity index is 2.19. The summed E-state index contributed by atoms with van der Waals surface area (Å²) >= 11 is 7.53.